The molecule has 4 N–H and O–H groups in total. The van der Waals surface area contributed by atoms with Crippen LogP contribution in [0.4, 0.5) is 11.4 Å². The fraction of sp³-hybridized carbons (Fsp3) is 0.333. The molecule has 2 heterocycles. The lowest BCUT2D eigenvalue weighted by molar-refractivity contribution is 0.594. The first-order valence-corrected chi connectivity index (χ1v) is 20.0. The van der Waals surface area contributed by atoms with Crippen molar-refractivity contribution >= 4 is 71.4 Å². The van der Waals surface area contributed by atoms with Crippen molar-refractivity contribution in [1.29, 1.82) is 0 Å². The maximum absolute atomic E-state index is 14.5. The quantitative estimate of drug-likeness (QED) is 0.127. The zero-order valence-corrected chi connectivity index (χ0v) is 29.6. The Bertz CT molecular complexity index is 1700. The van der Waals surface area contributed by atoms with Crippen LogP contribution in [-0.2, 0) is 17.6 Å². The van der Waals surface area contributed by atoms with E-state index < -0.39 is 27.0 Å². The standard InChI is InChI=1S/C36H42N2OP2S2/c1-20(2)25-16-17-30-34(32(25)37)41(27-12-8-10-14-29(27)42-30)23(7)18-24-19-26(21(3)4)33(38)35-36(24)43(39)31-15-11-9-13-28(31)40(35)22(5)6/h8-17,19-23H,18,37-38H2,1-7H3. The predicted molar refractivity (Wildman–Crippen MR) is 192 cm³/mol. The third kappa shape index (κ3) is 5.24. The van der Waals surface area contributed by atoms with Gasteiger partial charge in [0.1, 0.15) is 0 Å². The van der Waals surface area contributed by atoms with Crippen LogP contribution in [0.1, 0.15) is 77.0 Å². The van der Waals surface area contributed by atoms with Gasteiger partial charge >= 0.3 is 0 Å². The third-order valence-corrected chi connectivity index (χ3v) is 17.8. The highest BCUT2D eigenvalue weighted by Gasteiger charge is 2.42. The van der Waals surface area contributed by atoms with Crippen LogP contribution in [-0.4, -0.2) is 15.9 Å². The van der Waals surface area contributed by atoms with Crippen LogP contribution in [0.2, 0.25) is 0 Å². The van der Waals surface area contributed by atoms with Gasteiger partial charge in [-0.1, -0.05) is 96.6 Å². The summed E-state index contributed by atoms with van der Waals surface area (Å²) in [7, 11) is -1.50. The molecule has 2 aliphatic heterocycles. The largest absolute Gasteiger partial charge is 0.606 e. The van der Waals surface area contributed by atoms with E-state index in [1.165, 1.54) is 42.4 Å². The van der Waals surface area contributed by atoms with Crippen LogP contribution in [0.15, 0.2) is 86.3 Å². The fourth-order valence-electron chi connectivity index (χ4n) is 6.68. The molecule has 0 bridgehead atoms. The van der Waals surface area contributed by atoms with E-state index >= 15 is 0 Å². The maximum atomic E-state index is 14.5. The van der Waals surface area contributed by atoms with E-state index in [2.05, 4.69) is 109 Å². The SMILES string of the molecule is CC(C)c1cc(CC(C)P2c3ccccc3Sc3ccc(C(C)C)c(N)c32)c2c(c1N)P(C(C)C)c1ccccc1[S+]2[O-]. The summed E-state index contributed by atoms with van der Waals surface area (Å²) in [6.45, 7) is 15.8. The van der Waals surface area contributed by atoms with Crippen molar-refractivity contribution in [3.63, 3.8) is 0 Å². The minimum absolute atomic E-state index is 0.275. The molecule has 2 aliphatic rings. The Morgan fingerprint density at radius 2 is 1.35 bits per heavy atom. The normalized spacial score (nSPS) is 19.7. The van der Waals surface area contributed by atoms with Crippen molar-refractivity contribution in [2.24, 2.45) is 0 Å². The van der Waals surface area contributed by atoms with Gasteiger partial charge in [0, 0.05) is 48.5 Å². The number of fused-ring (bicyclic) bond motifs is 4. The predicted octanol–water partition coefficient (Wildman–Crippen LogP) is 7.95. The molecule has 0 saturated carbocycles. The smallest absolute Gasteiger partial charge is 0.171 e. The molecule has 0 spiro atoms. The molecule has 224 valence electrons. The minimum Gasteiger partial charge on any atom is -0.606 e. The third-order valence-electron chi connectivity index (χ3n) is 8.67. The zero-order chi connectivity index (χ0) is 30.7. The molecule has 4 aromatic rings. The molecule has 4 unspecified atom stereocenters. The summed E-state index contributed by atoms with van der Waals surface area (Å²) < 4.78 is 14.5. The second kappa shape index (κ2) is 12.1. The molecule has 0 aromatic heterocycles. The van der Waals surface area contributed by atoms with Gasteiger partial charge in [0.25, 0.3) is 0 Å². The first-order valence-electron chi connectivity index (χ1n) is 15.2. The van der Waals surface area contributed by atoms with E-state index in [4.69, 9.17) is 11.5 Å². The van der Waals surface area contributed by atoms with E-state index in [1.54, 1.807) is 0 Å². The van der Waals surface area contributed by atoms with Gasteiger partial charge in [-0.2, -0.15) is 0 Å². The molecule has 0 radical (unpaired) electrons. The summed E-state index contributed by atoms with van der Waals surface area (Å²) in [6, 6.07) is 24.0. The lowest BCUT2D eigenvalue weighted by Crippen LogP contribution is -2.36. The number of nitrogens with two attached hydrogens (primary N) is 2. The number of hydrogen-bond acceptors (Lipinski definition) is 4. The van der Waals surface area contributed by atoms with Gasteiger partial charge in [0.05, 0.1) is 5.30 Å². The highest BCUT2D eigenvalue weighted by molar-refractivity contribution is 8.01. The van der Waals surface area contributed by atoms with Crippen molar-refractivity contribution in [3.05, 3.63) is 83.4 Å². The van der Waals surface area contributed by atoms with E-state index in [9.17, 15) is 4.55 Å². The zero-order valence-electron chi connectivity index (χ0n) is 26.1. The lowest BCUT2D eigenvalue weighted by atomic mass is 9.97. The molecule has 4 aromatic carbocycles. The monoisotopic (exact) mass is 644 g/mol. The Hall–Kier alpha value is -2.00. The molecule has 43 heavy (non-hydrogen) atoms. The Balaban J connectivity index is 1.54. The molecular weight excluding hydrogens is 602 g/mol. The molecule has 0 aliphatic carbocycles. The second-order valence-corrected chi connectivity index (χ2v) is 20.4. The lowest BCUT2D eigenvalue weighted by Gasteiger charge is -2.37. The van der Waals surface area contributed by atoms with Crippen molar-refractivity contribution in [2.45, 2.75) is 97.6 Å². The molecule has 7 heteroatoms. The van der Waals surface area contributed by atoms with Crippen molar-refractivity contribution in [1.82, 2.24) is 0 Å². The van der Waals surface area contributed by atoms with Gasteiger partial charge in [0.2, 0.25) is 0 Å². The van der Waals surface area contributed by atoms with Gasteiger partial charge in [-0.05, 0) is 92.2 Å². The van der Waals surface area contributed by atoms with Crippen LogP contribution >= 0.6 is 27.6 Å². The van der Waals surface area contributed by atoms with Crippen LogP contribution in [0.5, 0.6) is 0 Å². The molecule has 0 saturated heterocycles. The van der Waals surface area contributed by atoms with E-state index in [-0.39, 0.29) is 11.6 Å². The van der Waals surface area contributed by atoms with Gasteiger partial charge in [-0.15, -0.1) is 0 Å². The summed E-state index contributed by atoms with van der Waals surface area (Å²) in [5, 5.41) is 5.10. The van der Waals surface area contributed by atoms with Crippen molar-refractivity contribution in [3.8, 4) is 0 Å². The highest BCUT2D eigenvalue weighted by Crippen LogP contribution is 2.55. The van der Waals surface area contributed by atoms with E-state index in [1.807, 2.05) is 17.8 Å². The molecule has 0 fully saturated rings. The van der Waals surface area contributed by atoms with Crippen LogP contribution in [0.3, 0.4) is 0 Å². The Kier molecular flexibility index (Phi) is 8.70. The summed E-state index contributed by atoms with van der Waals surface area (Å²) in [5.74, 6) is 0.631. The number of nitrogen functional groups attached to an aromatic ring is 2. The molecule has 4 atom stereocenters. The topological polar surface area (TPSA) is 75.1 Å². The maximum Gasteiger partial charge on any atom is 0.171 e. The Labute approximate surface area is 267 Å². The van der Waals surface area contributed by atoms with E-state index in [0.717, 1.165) is 32.9 Å². The number of rotatable bonds is 6. The number of benzene rings is 4. The molecular formula is C36H42N2OP2S2. The van der Waals surface area contributed by atoms with Crippen LogP contribution in [0, 0.1) is 0 Å². The van der Waals surface area contributed by atoms with E-state index in [0.29, 0.717) is 11.6 Å². The van der Waals surface area contributed by atoms with Gasteiger partial charge in [-0.3, -0.25) is 0 Å². The summed E-state index contributed by atoms with van der Waals surface area (Å²) in [4.78, 5) is 4.54. The summed E-state index contributed by atoms with van der Waals surface area (Å²) >= 11 is 0.564. The van der Waals surface area contributed by atoms with Crippen molar-refractivity contribution in [2.75, 3.05) is 11.5 Å². The minimum atomic E-state index is -1.28. The Morgan fingerprint density at radius 1 is 0.721 bits per heavy atom. The van der Waals surface area contributed by atoms with Gasteiger partial charge in [-0.25, -0.2) is 0 Å². The number of anilines is 2. The molecule has 0 amide bonds. The first-order chi connectivity index (χ1) is 20.5. The number of hydrogen-bond donors (Lipinski definition) is 2. The molecule has 6 rings (SSSR count). The Morgan fingerprint density at radius 3 is 2.02 bits per heavy atom. The van der Waals surface area contributed by atoms with Crippen molar-refractivity contribution < 1.29 is 4.55 Å². The first kappa shape index (κ1) is 31.0. The second-order valence-electron chi connectivity index (χ2n) is 12.6. The van der Waals surface area contributed by atoms with Gasteiger partial charge in [0.15, 0.2) is 9.79 Å². The molecule has 3 nitrogen and oxygen atoms in total. The average Bonchev–Trinajstić information content (AvgIpc) is 2.97. The average molecular weight is 645 g/mol. The summed E-state index contributed by atoms with van der Waals surface area (Å²) in [5.41, 5.74) is 20.2. The van der Waals surface area contributed by atoms with Crippen LogP contribution < -0.4 is 32.7 Å². The van der Waals surface area contributed by atoms with Gasteiger partial charge < -0.3 is 16.0 Å². The van der Waals surface area contributed by atoms with Crippen LogP contribution in [0.25, 0.3) is 0 Å². The summed E-state index contributed by atoms with van der Waals surface area (Å²) in [6.07, 6.45) is 0.826. The fourth-order valence-corrected chi connectivity index (χ4v) is 16.3. The highest BCUT2D eigenvalue weighted by atomic mass is 32.2.